The van der Waals surface area contributed by atoms with Crippen molar-refractivity contribution in [1.29, 1.82) is 0 Å². The van der Waals surface area contributed by atoms with Crippen LogP contribution in [0.5, 0.6) is 0 Å². The number of nitrogens with two attached hydrogens (primary N) is 1. The lowest BCUT2D eigenvalue weighted by atomic mass is 10.0. The van der Waals surface area contributed by atoms with Gasteiger partial charge in [0, 0.05) is 42.8 Å². The maximum Gasteiger partial charge on any atom is 0.136 e. The van der Waals surface area contributed by atoms with Gasteiger partial charge in [0.05, 0.1) is 24.4 Å². The van der Waals surface area contributed by atoms with E-state index in [-0.39, 0.29) is 6.17 Å². The second-order valence-corrected chi connectivity index (χ2v) is 7.14. The SMILES string of the molecule is Cc1ncccc1-c1cc(N2CCOC[C@H]2N)nc2c(-c3ccn[nH]3)nn(C)c12. The van der Waals surface area contributed by atoms with Gasteiger partial charge in [-0.05, 0) is 25.1 Å². The van der Waals surface area contributed by atoms with E-state index in [1.165, 1.54) is 0 Å². The summed E-state index contributed by atoms with van der Waals surface area (Å²) in [5.41, 5.74) is 12.7. The number of aryl methyl sites for hydroxylation is 2. The van der Waals surface area contributed by atoms with E-state index < -0.39 is 0 Å². The fraction of sp³-hybridized carbons (Fsp3) is 0.300. The summed E-state index contributed by atoms with van der Waals surface area (Å²) < 4.78 is 7.37. The highest BCUT2D eigenvalue weighted by Gasteiger charge is 2.25. The fourth-order valence-corrected chi connectivity index (χ4v) is 3.86. The Balaban J connectivity index is 1.81. The van der Waals surface area contributed by atoms with E-state index in [0.717, 1.165) is 45.1 Å². The van der Waals surface area contributed by atoms with Crippen LogP contribution in [-0.4, -0.2) is 55.9 Å². The predicted octanol–water partition coefficient (Wildman–Crippen LogP) is 1.85. The van der Waals surface area contributed by atoms with Gasteiger partial charge in [0.25, 0.3) is 0 Å². The minimum absolute atomic E-state index is 0.246. The number of anilines is 1. The molecular formula is C20H22N8O. The van der Waals surface area contributed by atoms with Gasteiger partial charge in [0.2, 0.25) is 0 Å². The minimum Gasteiger partial charge on any atom is -0.376 e. The number of nitrogens with zero attached hydrogens (tertiary/aromatic N) is 6. The maximum absolute atomic E-state index is 6.32. The molecule has 5 rings (SSSR count). The van der Waals surface area contributed by atoms with E-state index in [9.17, 15) is 0 Å². The van der Waals surface area contributed by atoms with Crippen LogP contribution in [0.25, 0.3) is 33.5 Å². The Labute approximate surface area is 167 Å². The van der Waals surface area contributed by atoms with Crippen molar-refractivity contribution in [2.45, 2.75) is 13.1 Å². The molecule has 4 aromatic rings. The monoisotopic (exact) mass is 390 g/mol. The summed E-state index contributed by atoms with van der Waals surface area (Å²) in [5.74, 6) is 0.806. The van der Waals surface area contributed by atoms with Gasteiger partial charge >= 0.3 is 0 Å². The number of aromatic nitrogens is 6. The van der Waals surface area contributed by atoms with Gasteiger partial charge in [0.15, 0.2) is 0 Å². The zero-order valence-electron chi connectivity index (χ0n) is 16.3. The number of nitrogens with one attached hydrogen (secondary N) is 1. The summed E-state index contributed by atoms with van der Waals surface area (Å²) >= 11 is 0. The number of hydrogen-bond acceptors (Lipinski definition) is 7. The molecule has 0 aromatic carbocycles. The molecular weight excluding hydrogens is 368 g/mol. The van der Waals surface area contributed by atoms with Crippen LogP contribution in [0.2, 0.25) is 0 Å². The van der Waals surface area contributed by atoms with Gasteiger partial charge in [-0.25, -0.2) is 4.98 Å². The zero-order valence-corrected chi connectivity index (χ0v) is 16.3. The van der Waals surface area contributed by atoms with Gasteiger partial charge in [-0.1, -0.05) is 6.07 Å². The van der Waals surface area contributed by atoms with Crippen molar-refractivity contribution in [3.63, 3.8) is 0 Å². The number of hydrogen-bond donors (Lipinski definition) is 2. The Morgan fingerprint density at radius 2 is 2.14 bits per heavy atom. The highest BCUT2D eigenvalue weighted by molar-refractivity contribution is 6.00. The molecule has 0 aliphatic carbocycles. The largest absolute Gasteiger partial charge is 0.376 e. The van der Waals surface area contributed by atoms with Gasteiger partial charge in [-0.3, -0.25) is 14.8 Å². The van der Waals surface area contributed by atoms with E-state index in [1.807, 2.05) is 30.8 Å². The molecule has 9 heteroatoms. The Bertz CT molecular complexity index is 1170. The molecule has 148 valence electrons. The van der Waals surface area contributed by atoms with Crippen LogP contribution in [0.15, 0.2) is 36.7 Å². The van der Waals surface area contributed by atoms with Crippen molar-refractivity contribution in [3.8, 4) is 22.5 Å². The molecule has 3 N–H and O–H groups in total. The number of ether oxygens (including phenoxy) is 1. The normalized spacial score (nSPS) is 17.2. The van der Waals surface area contributed by atoms with E-state index in [4.69, 9.17) is 20.6 Å². The predicted molar refractivity (Wildman–Crippen MR) is 110 cm³/mol. The molecule has 29 heavy (non-hydrogen) atoms. The lowest BCUT2D eigenvalue weighted by Gasteiger charge is -2.34. The maximum atomic E-state index is 6.32. The second-order valence-electron chi connectivity index (χ2n) is 7.14. The summed E-state index contributed by atoms with van der Waals surface area (Å²) in [5, 5.41) is 11.8. The molecule has 0 amide bonds. The number of aromatic amines is 1. The Morgan fingerprint density at radius 3 is 2.90 bits per heavy atom. The minimum atomic E-state index is -0.246. The van der Waals surface area contributed by atoms with Crippen LogP contribution in [0.4, 0.5) is 5.82 Å². The van der Waals surface area contributed by atoms with Crippen LogP contribution >= 0.6 is 0 Å². The first-order valence-electron chi connectivity index (χ1n) is 9.53. The molecule has 0 bridgehead atoms. The summed E-state index contributed by atoms with van der Waals surface area (Å²) in [7, 11) is 1.93. The quantitative estimate of drug-likeness (QED) is 0.549. The zero-order chi connectivity index (χ0) is 20.0. The van der Waals surface area contributed by atoms with E-state index >= 15 is 0 Å². The number of fused-ring (bicyclic) bond motifs is 1. The lowest BCUT2D eigenvalue weighted by molar-refractivity contribution is 0.0954. The topological polar surface area (TPSA) is 111 Å². The highest BCUT2D eigenvalue weighted by atomic mass is 16.5. The third kappa shape index (κ3) is 2.95. The molecule has 0 spiro atoms. The summed E-state index contributed by atoms with van der Waals surface area (Å²) in [6, 6.07) is 7.99. The van der Waals surface area contributed by atoms with Gasteiger partial charge in [-0.15, -0.1) is 0 Å². The average Bonchev–Trinajstić information content (AvgIpc) is 3.36. The highest BCUT2D eigenvalue weighted by Crippen LogP contribution is 2.36. The number of rotatable bonds is 3. The Kier molecular flexibility index (Phi) is 4.26. The summed E-state index contributed by atoms with van der Waals surface area (Å²) in [6.07, 6.45) is 3.27. The fourth-order valence-electron chi connectivity index (χ4n) is 3.86. The molecule has 1 atom stereocenters. The standard InChI is InChI=1S/C20H22N8O/c1-12-13(4-3-6-22-12)14-10-17(28-8-9-29-11-16(28)21)24-19-18(15-5-7-23-25-15)26-27(2)20(14)19/h3-7,10,16H,8-9,11,21H2,1-2H3,(H,23,25)/t16-/m0/s1. The van der Waals surface area contributed by atoms with Crippen molar-refractivity contribution >= 4 is 16.9 Å². The molecule has 1 fully saturated rings. The first-order chi connectivity index (χ1) is 14.1. The molecule has 1 saturated heterocycles. The lowest BCUT2D eigenvalue weighted by Crippen LogP contribution is -2.51. The average molecular weight is 390 g/mol. The summed E-state index contributed by atoms with van der Waals surface area (Å²) in [6.45, 7) is 3.79. The molecule has 0 saturated carbocycles. The molecule has 5 heterocycles. The smallest absolute Gasteiger partial charge is 0.136 e. The van der Waals surface area contributed by atoms with Gasteiger partial charge in [0.1, 0.15) is 23.2 Å². The Hall–Kier alpha value is -3.30. The second kappa shape index (κ2) is 6.94. The Morgan fingerprint density at radius 1 is 1.24 bits per heavy atom. The molecule has 0 unspecified atom stereocenters. The van der Waals surface area contributed by atoms with Crippen molar-refractivity contribution in [1.82, 2.24) is 29.9 Å². The number of morpholine rings is 1. The van der Waals surface area contributed by atoms with Gasteiger partial charge < -0.3 is 15.4 Å². The van der Waals surface area contributed by atoms with E-state index in [2.05, 4.69) is 32.2 Å². The van der Waals surface area contributed by atoms with Crippen LogP contribution < -0.4 is 10.6 Å². The van der Waals surface area contributed by atoms with Gasteiger partial charge in [-0.2, -0.15) is 10.2 Å². The van der Waals surface area contributed by atoms with Crippen molar-refractivity contribution in [3.05, 3.63) is 42.4 Å². The third-order valence-corrected chi connectivity index (χ3v) is 5.29. The van der Waals surface area contributed by atoms with E-state index in [1.54, 1.807) is 12.4 Å². The number of H-pyrrole nitrogens is 1. The van der Waals surface area contributed by atoms with Crippen LogP contribution in [0.3, 0.4) is 0 Å². The van der Waals surface area contributed by atoms with Crippen LogP contribution in [-0.2, 0) is 11.8 Å². The molecule has 1 aliphatic heterocycles. The van der Waals surface area contributed by atoms with Crippen molar-refractivity contribution < 1.29 is 4.74 Å². The van der Waals surface area contributed by atoms with E-state index in [0.29, 0.717) is 19.8 Å². The molecule has 9 nitrogen and oxygen atoms in total. The van der Waals surface area contributed by atoms with Crippen LogP contribution in [0, 0.1) is 6.92 Å². The molecule has 1 aliphatic rings. The number of pyridine rings is 2. The first-order valence-corrected chi connectivity index (χ1v) is 9.53. The molecule has 4 aromatic heterocycles. The van der Waals surface area contributed by atoms with Crippen molar-refractivity contribution in [2.75, 3.05) is 24.7 Å². The summed E-state index contributed by atoms with van der Waals surface area (Å²) in [4.78, 5) is 11.5. The van der Waals surface area contributed by atoms with Crippen LogP contribution in [0.1, 0.15) is 5.69 Å². The molecule has 0 radical (unpaired) electrons. The third-order valence-electron chi connectivity index (χ3n) is 5.29. The van der Waals surface area contributed by atoms with Crippen molar-refractivity contribution in [2.24, 2.45) is 12.8 Å². The first kappa shape index (κ1) is 17.8.